The Labute approximate surface area is 266 Å². The van der Waals surface area contributed by atoms with E-state index in [2.05, 4.69) is 5.32 Å². The normalized spacial score (nSPS) is 27.7. The molecule has 11 heteroatoms. The SMILES string of the molecule is COc1ccc(C2c3sc(=O)n(CC(=O)Nc4ccccc4)c3SC3C4CC(C5C(=O)N(c6ccc(F)cc6)C(=O)C45)C23)cc1. The Morgan fingerprint density at radius 3 is 2.31 bits per heavy atom. The third kappa shape index (κ3) is 4.39. The van der Waals surface area contributed by atoms with Gasteiger partial charge >= 0.3 is 4.87 Å². The zero-order valence-corrected chi connectivity index (χ0v) is 25.7. The second-order valence-corrected chi connectivity index (χ2v) is 14.2. The van der Waals surface area contributed by atoms with Crippen LogP contribution in [0.4, 0.5) is 15.8 Å². The van der Waals surface area contributed by atoms with Gasteiger partial charge in [-0.3, -0.25) is 28.6 Å². The van der Waals surface area contributed by atoms with E-state index in [0.717, 1.165) is 33.2 Å². The van der Waals surface area contributed by atoms with Gasteiger partial charge in [-0.2, -0.15) is 0 Å². The molecule has 2 aliphatic carbocycles. The molecule has 2 aliphatic heterocycles. The van der Waals surface area contributed by atoms with Crippen molar-refractivity contribution in [1.82, 2.24) is 4.57 Å². The summed E-state index contributed by atoms with van der Waals surface area (Å²) in [5.74, 6) is -1.74. The van der Waals surface area contributed by atoms with E-state index in [1.807, 2.05) is 42.5 Å². The number of fused-ring (bicyclic) bond motifs is 9. The average molecular weight is 642 g/mol. The summed E-state index contributed by atoms with van der Waals surface area (Å²) in [4.78, 5) is 56.4. The smallest absolute Gasteiger partial charge is 0.308 e. The fourth-order valence-electron chi connectivity index (χ4n) is 8.15. The Bertz CT molecular complexity index is 1890. The number of hydrogen-bond acceptors (Lipinski definition) is 7. The number of thiazole rings is 1. The van der Waals surface area contributed by atoms with Crippen LogP contribution < -0.4 is 19.8 Å². The fraction of sp³-hybridized carbons (Fsp3) is 0.294. The van der Waals surface area contributed by atoms with Gasteiger partial charge in [0.2, 0.25) is 17.7 Å². The minimum absolute atomic E-state index is 0.0108. The van der Waals surface area contributed by atoms with Crippen molar-refractivity contribution in [3.63, 3.8) is 0 Å². The molecule has 3 heterocycles. The van der Waals surface area contributed by atoms with Gasteiger partial charge in [0.05, 0.1) is 29.7 Å². The van der Waals surface area contributed by atoms with Crippen LogP contribution in [0.2, 0.25) is 0 Å². The van der Waals surface area contributed by atoms with Gasteiger partial charge in [-0.05, 0) is 78.3 Å². The van der Waals surface area contributed by atoms with E-state index in [0.29, 0.717) is 17.1 Å². The highest BCUT2D eigenvalue weighted by atomic mass is 32.2. The van der Waals surface area contributed by atoms with Crippen molar-refractivity contribution in [3.05, 3.63) is 105 Å². The molecule has 7 atom stereocenters. The number of nitrogens with zero attached hydrogens (tertiary/aromatic N) is 2. The van der Waals surface area contributed by atoms with Gasteiger partial charge < -0.3 is 10.1 Å². The number of rotatable bonds is 6. The number of nitrogens with one attached hydrogen (secondary N) is 1. The first kappa shape index (κ1) is 28.3. The quantitative estimate of drug-likeness (QED) is 0.284. The molecule has 7 unspecified atom stereocenters. The molecule has 0 radical (unpaired) electrons. The van der Waals surface area contributed by atoms with Crippen molar-refractivity contribution in [2.75, 3.05) is 17.3 Å². The topological polar surface area (TPSA) is 97.7 Å². The predicted molar refractivity (Wildman–Crippen MR) is 169 cm³/mol. The standard InChI is InChI=1S/C34H28FN3O5S2/c1-43-21-13-7-17(8-14-21)25-26-22-15-23(28-27(22)31(40)38(32(28)41)20-11-9-18(35)10-12-20)29(26)44-33-30(25)45-34(42)37(33)16-24(39)36-19-5-3-2-4-6-19/h2-14,22-23,25-29H,15-16H2,1H3,(H,36,39). The first-order valence-corrected chi connectivity index (χ1v) is 16.6. The summed E-state index contributed by atoms with van der Waals surface area (Å²) in [5, 5.41) is 3.61. The van der Waals surface area contributed by atoms with Crippen molar-refractivity contribution in [2.24, 2.45) is 29.6 Å². The summed E-state index contributed by atoms with van der Waals surface area (Å²) >= 11 is 2.74. The van der Waals surface area contributed by atoms with Crippen LogP contribution in [-0.2, 0) is 20.9 Å². The summed E-state index contributed by atoms with van der Waals surface area (Å²) < 4.78 is 20.7. The number of carbonyl (C=O) groups excluding carboxylic acids is 3. The number of hydrogen-bond donors (Lipinski definition) is 1. The van der Waals surface area contributed by atoms with Gasteiger partial charge in [-0.1, -0.05) is 41.7 Å². The zero-order valence-electron chi connectivity index (χ0n) is 24.1. The first-order valence-electron chi connectivity index (χ1n) is 14.9. The van der Waals surface area contributed by atoms with Crippen molar-refractivity contribution in [3.8, 4) is 5.75 Å². The van der Waals surface area contributed by atoms with Crippen molar-refractivity contribution < 1.29 is 23.5 Å². The van der Waals surface area contributed by atoms with Gasteiger partial charge in [-0.25, -0.2) is 4.39 Å². The van der Waals surface area contributed by atoms with Crippen LogP contribution in [0.3, 0.4) is 0 Å². The van der Waals surface area contributed by atoms with E-state index >= 15 is 0 Å². The van der Waals surface area contributed by atoms with Crippen molar-refractivity contribution in [1.29, 1.82) is 0 Å². The fourth-order valence-corrected chi connectivity index (χ4v) is 11.3. The molecule has 1 saturated heterocycles. The van der Waals surface area contributed by atoms with E-state index in [9.17, 15) is 23.6 Å². The molecule has 4 aliphatic rings. The molecule has 3 amide bonds. The lowest BCUT2D eigenvalue weighted by Crippen LogP contribution is -2.43. The number of aromatic nitrogens is 1. The second kappa shape index (κ2) is 10.7. The van der Waals surface area contributed by atoms with Crippen LogP contribution in [0.1, 0.15) is 22.8 Å². The van der Waals surface area contributed by atoms with Crippen LogP contribution in [0.15, 0.2) is 88.7 Å². The molecule has 228 valence electrons. The van der Waals surface area contributed by atoms with Crippen LogP contribution in [-0.4, -0.2) is 34.6 Å². The number of halogens is 1. The monoisotopic (exact) mass is 641 g/mol. The number of methoxy groups -OCH3 is 1. The molecule has 4 aromatic rings. The van der Waals surface area contributed by atoms with Gasteiger partial charge in [0.25, 0.3) is 0 Å². The molecule has 0 spiro atoms. The highest BCUT2D eigenvalue weighted by Crippen LogP contribution is 2.69. The minimum atomic E-state index is -0.473. The molecule has 2 bridgehead atoms. The molecule has 8 nitrogen and oxygen atoms in total. The molecule has 2 saturated carbocycles. The van der Waals surface area contributed by atoms with Crippen LogP contribution >= 0.6 is 23.1 Å². The lowest BCUT2D eigenvalue weighted by atomic mass is 9.68. The summed E-state index contributed by atoms with van der Waals surface area (Å²) in [5.41, 5.74) is 2.04. The van der Waals surface area contributed by atoms with Gasteiger partial charge in [-0.15, -0.1) is 11.8 Å². The summed E-state index contributed by atoms with van der Waals surface area (Å²) in [6.07, 6.45) is 0.743. The van der Waals surface area contributed by atoms with Crippen LogP contribution in [0.25, 0.3) is 0 Å². The molecule has 3 aromatic carbocycles. The molecule has 1 aromatic heterocycles. The Morgan fingerprint density at radius 2 is 1.62 bits per heavy atom. The average Bonchev–Trinajstić information content (AvgIpc) is 3.77. The molecule has 1 N–H and O–H groups in total. The lowest BCUT2D eigenvalue weighted by Gasteiger charge is -2.43. The minimum Gasteiger partial charge on any atom is -0.497 e. The predicted octanol–water partition coefficient (Wildman–Crippen LogP) is 5.37. The van der Waals surface area contributed by atoms with Gasteiger partial charge in [0, 0.05) is 21.7 Å². The first-order chi connectivity index (χ1) is 21.8. The highest BCUT2D eigenvalue weighted by molar-refractivity contribution is 8.00. The van der Waals surface area contributed by atoms with Crippen molar-refractivity contribution in [2.45, 2.75) is 29.2 Å². The van der Waals surface area contributed by atoms with Crippen LogP contribution in [0.5, 0.6) is 5.75 Å². The number of ether oxygens (including phenoxy) is 1. The highest BCUT2D eigenvalue weighted by Gasteiger charge is 2.69. The molecule has 8 rings (SSSR count). The maximum atomic E-state index is 13.9. The number of amides is 3. The molecular formula is C34H28FN3O5S2. The largest absolute Gasteiger partial charge is 0.497 e. The number of imide groups is 1. The van der Waals surface area contributed by atoms with Gasteiger partial charge in [0.15, 0.2) is 0 Å². The Balaban J connectivity index is 1.18. The molecule has 45 heavy (non-hydrogen) atoms. The van der Waals surface area contributed by atoms with E-state index in [1.165, 1.54) is 29.2 Å². The van der Waals surface area contributed by atoms with E-state index < -0.39 is 17.7 Å². The number of carbonyl (C=O) groups is 3. The van der Waals surface area contributed by atoms with Crippen molar-refractivity contribution >= 4 is 52.2 Å². The number of anilines is 2. The number of thioether (sulfide) groups is 1. The van der Waals surface area contributed by atoms with Crippen LogP contribution in [0, 0.1) is 35.4 Å². The second-order valence-electron chi connectivity index (χ2n) is 12.1. The lowest BCUT2D eigenvalue weighted by molar-refractivity contribution is -0.123. The zero-order chi connectivity index (χ0) is 31.0. The summed E-state index contributed by atoms with van der Waals surface area (Å²) in [6.45, 7) is -0.130. The Kier molecular flexibility index (Phi) is 6.72. The molecule has 3 fully saturated rings. The maximum Gasteiger partial charge on any atom is 0.308 e. The molecular weight excluding hydrogens is 614 g/mol. The van der Waals surface area contributed by atoms with Gasteiger partial charge in [0.1, 0.15) is 18.1 Å². The maximum absolute atomic E-state index is 13.9. The third-order valence-electron chi connectivity index (χ3n) is 9.87. The number of benzene rings is 3. The number of para-hydroxylation sites is 1. The van der Waals surface area contributed by atoms with E-state index in [4.69, 9.17) is 4.74 Å². The Morgan fingerprint density at radius 1 is 0.933 bits per heavy atom. The van der Waals surface area contributed by atoms with E-state index in [-0.39, 0.29) is 58.1 Å². The Hall–Kier alpha value is -4.22. The summed E-state index contributed by atoms with van der Waals surface area (Å²) in [7, 11) is 1.61. The van der Waals surface area contributed by atoms with E-state index in [1.54, 1.807) is 35.6 Å². The third-order valence-corrected chi connectivity index (χ3v) is 12.7. The summed E-state index contributed by atoms with van der Waals surface area (Å²) in [6, 6.07) is 22.4.